The molecule has 0 aliphatic carbocycles. The number of H-pyrrole nitrogens is 1. The predicted molar refractivity (Wildman–Crippen MR) is 108 cm³/mol. The van der Waals surface area contributed by atoms with Crippen molar-refractivity contribution in [3.05, 3.63) is 59.8 Å². The molecule has 0 unspecified atom stereocenters. The molecule has 2 aromatic carbocycles. The van der Waals surface area contributed by atoms with Crippen molar-refractivity contribution in [1.29, 1.82) is 0 Å². The third-order valence-electron chi connectivity index (χ3n) is 5.10. The van der Waals surface area contributed by atoms with Crippen molar-refractivity contribution >= 4 is 5.91 Å². The van der Waals surface area contributed by atoms with Crippen molar-refractivity contribution in [3.8, 4) is 28.5 Å². The summed E-state index contributed by atoms with van der Waals surface area (Å²) in [5, 5.41) is 6.87. The summed E-state index contributed by atoms with van der Waals surface area (Å²) in [4.78, 5) is 14.5. The van der Waals surface area contributed by atoms with Crippen molar-refractivity contribution < 1.29 is 19.0 Å². The molecule has 29 heavy (non-hydrogen) atoms. The van der Waals surface area contributed by atoms with Gasteiger partial charge in [0.2, 0.25) is 0 Å². The lowest BCUT2D eigenvalue weighted by Crippen LogP contribution is -2.38. The Bertz CT molecular complexity index is 984. The fourth-order valence-electron chi connectivity index (χ4n) is 3.48. The van der Waals surface area contributed by atoms with Crippen LogP contribution in [0.5, 0.6) is 17.2 Å². The van der Waals surface area contributed by atoms with E-state index in [2.05, 4.69) is 10.2 Å². The van der Waals surface area contributed by atoms with Gasteiger partial charge in [-0.1, -0.05) is 0 Å². The number of carbonyl (C=O) groups excluding carboxylic acids is 1. The lowest BCUT2D eigenvalue weighted by atomic mass is 9.99. The fourth-order valence-corrected chi connectivity index (χ4v) is 3.48. The maximum Gasteiger partial charge on any atom is 0.260 e. The first-order valence-corrected chi connectivity index (χ1v) is 9.42. The van der Waals surface area contributed by atoms with E-state index >= 15 is 0 Å². The highest BCUT2D eigenvalue weighted by Gasteiger charge is 2.23. The minimum absolute atomic E-state index is 0.00598. The molecule has 1 amide bonds. The van der Waals surface area contributed by atoms with Gasteiger partial charge in [-0.3, -0.25) is 9.89 Å². The van der Waals surface area contributed by atoms with Gasteiger partial charge in [-0.15, -0.1) is 0 Å². The van der Waals surface area contributed by atoms with E-state index < -0.39 is 0 Å². The van der Waals surface area contributed by atoms with Crippen LogP contribution in [-0.2, 0) is 17.8 Å². The minimum Gasteiger partial charge on any atom is -0.493 e. The molecular weight excluding hydrogens is 370 g/mol. The van der Waals surface area contributed by atoms with Crippen LogP contribution >= 0.6 is 0 Å². The summed E-state index contributed by atoms with van der Waals surface area (Å²) in [6.45, 7) is 1.20. The van der Waals surface area contributed by atoms with E-state index in [0.29, 0.717) is 30.3 Å². The van der Waals surface area contributed by atoms with Gasteiger partial charge >= 0.3 is 0 Å². The van der Waals surface area contributed by atoms with Crippen LogP contribution in [0.25, 0.3) is 11.3 Å². The first-order valence-electron chi connectivity index (χ1n) is 9.42. The molecule has 7 nitrogen and oxygen atoms in total. The van der Waals surface area contributed by atoms with Gasteiger partial charge in [0.05, 0.1) is 19.9 Å². The molecule has 0 spiro atoms. The van der Waals surface area contributed by atoms with Gasteiger partial charge in [0.25, 0.3) is 5.91 Å². The maximum atomic E-state index is 12.6. The molecule has 1 aromatic heterocycles. The number of hydrogen-bond donors (Lipinski definition) is 1. The second kappa shape index (κ2) is 8.26. The highest BCUT2D eigenvalue weighted by atomic mass is 16.5. The highest BCUT2D eigenvalue weighted by molar-refractivity contribution is 5.78. The van der Waals surface area contributed by atoms with Crippen molar-refractivity contribution in [2.24, 2.45) is 0 Å². The number of benzene rings is 2. The van der Waals surface area contributed by atoms with Crippen molar-refractivity contribution in [3.63, 3.8) is 0 Å². The van der Waals surface area contributed by atoms with Crippen molar-refractivity contribution in [2.75, 3.05) is 27.4 Å². The highest BCUT2D eigenvalue weighted by Crippen LogP contribution is 2.33. The van der Waals surface area contributed by atoms with E-state index in [1.165, 1.54) is 5.56 Å². The number of aromatic amines is 1. The summed E-state index contributed by atoms with van der Waals surface area (Å²) < 4.78 is 16.4. The van der Waals surface area contributed by atoms with Gasteiger partial charge in [0.1, 0.15) is 5.75 Å². The van der Waals surface area contributed by atoms with Crippen LogP contribution in [0, 0.1) is 0 Å². The van der Waals surface area contributed by atoms with E-state index in [-0.39, 0.29) is 12.5 Å². The number of hydrogen-bond acceptors (Lipinski definition) is 5. The second-order valence-corrected chi connectivity index (χ2v) is 6.82. The molecule has 2 heterocycles. The van der Waals surface area contributed by atoms with Gasteiger partial charge < -0.3 is 19.1 Å². The number of nitrogens with zero attached hydrogens (tertiary/aromatic N) is 2. The largest absolute Gasteiger partial charge is 0.493 e. The lowest BCUT2D eigenvalue weighted by Gasteiger charge is -2.29. The normalized spacial score (nSPS) is 13.0. The number of rotatable bonds is 6. The number of amides is 1. The SMILES string of the molecule is COc1cc2c(cc1OC)CN(C(=O)COc1ccc(-c3ccn[nH]3)cc1)CC2. The fraction of sp³-hybridized carbons (Fsp3) is 0.273. The van der Waals surface area contributed by atoms with Crippen LogP contribution < -0.4 is 14.2 Å². The van der Waals surface area contributed by atoms with E-state index in [1.807, 2.05) is 47.4 Å². The van der Waals surface area contributed by atoms with Gasteiger partial charge in [0.15, 0.2) is 18.1 Å². The van der Waals surface area contributed by atoms with Gasteiger partial charge in [-0.25, -0.2) is 0 Å². The number of methoxy groups -OCH3 is 2. The molecule has 1 aliphatic rings. The molecule has 4 rings (SSSR count). The summed E-state index contributed by atoms with van der Waals surface area (Å²) in [6, 6.07) is 13.4. The third kappa shape index (κ3) is 4.03. The smallest absolute Gasteiger partial charge is 0.260 e. The first-order chi connectivity index (χ1) is 14.2. The number of aromatic nitrogens is 2. The zero-order chi connectivity index (χ0) is 20.2. The molecule has 0 atom stereocenters. The van der Waals surface area contributed by atoms with E-state index in [9.17, 15) is 4.79 Å². The quantitative estimate of drug-likeness (QED) is 0.697. The van der Waals surface area contributed by atoms with Gasteiger partial charge in [-0.05, 0) is 65.6 Å². The summed E-state index contributed by atoms with van der Waals surface area (Å²) in [5.41, 5.74) is 4.21. The summed E-state index contributed by atoms with van der Waals surface area (Å²) >= 11 is 0. The first kappa shape index (κ1) is 18.9. The topological polar surface area (TPSA) is 76.7 Å². The van der Waals surface area contributed by atoms with Crippen LogP contribution in [0.3, 0.4) is 0 Å². The van der Waals surface area contributed by atoms with Crippen LogP contribution in [0.15, 0.2) is 48.7 Å². The Labute approximate surface area is 169 Å². The van der Waals surface area contributed by atoms with Crippen LogP contribution in [0.4, 0.5) is 0 Å². The predicted octanol–water partition coefficient (Wildman–Crippen LogP) is 3.06. The Hall–Kier alpha value is -3.48. The van der Waals surface area contributed by atoms with Crippen LogP contribution in [0.1, 0.15) is 11.1 Å². The van der Waals surface area contributed by atoms with Crippen molar-refractivity contribution in [1.82, 2.24) is 15.1 Å². The van der Waals surface area contributed by atoms with E-state index in [1.54, 1.807) is 20.4 Å². The van der Waals surface area contributed by atoms with E-state index in [0.717, 1.165) is 23.2 Å². The zero-order valence-electron chi connectivity index (χ0n) is 16.5. The molecule has 7 heteroatoms. The third-order valence-corrected chi connectivity index (χ3v) is 5.10. The lowest BCUT2D eigenvalue weighted by molar-refractivity contribution is -0.134. The zero-order valence-corrected chi connectivity index (χ0v) is 16.5. The summed E-state index contributed by atoms with van der Waals surface area (Å²) in [7, 11) is 3.24. The number of nitrogens with one attached hydrogen (secondary N) is 1. The molecule has 0 fully saturated rings. The van der Waals surface area contributed by atoms with Gasteiger partial charge in [0, 0.05) is 19.3 Å². The number of carbonyl (C=O) groups is 1. The number of ether oxygens (including phenoxy) is 3. The summed E-state index contributed by atoms with van der Waals surface area (Å²) in [5.74, 6) is 2.01. The molecule has 0 bridgehead atoms. The Balaban J connectivity index is 1.37. The molecule has 0 radical (unpaired) electrons. The Kier molecular flexibility index (Phi) is 5.37. The molecule has 1 N–H and O–H groups in total. The molecular formula is C22H23N3O4. The summed E-state index contributed by atoms with van der Waals surface area (Å²) in [6.07, 6.45) is 2.49. The Morgan fingerprint density at radius 3 is 2.45 bits per heavy atom. The molecule has 1 aliphatic heterocycles. The second-order valence-electron chi connectivity index (χ2n) is 6.82. The molecule has 0 saturated heterocycles. The van der Waals surface area contributed by atoms with Crippen LogP contribution in [-0.4, -0.2) is 48.4 Å². The number of fused-ring (bicyclic) bond motifs is 1. The molecule has 0 saturated carbocycles. The monoisotopic (exact) mass is 393 g/mol. The average Bonchev–Trinajstić information content (AvgIpc) is 3.31. The Morgan fingerprint density at radius 1 is 1.07 bits per heavy atom. The van der Waals surface area contributed by atoms with Crippen LogP contribution in [0.2, 0.25) is 0 Å². The molecule has 3 aromatic rings. The Morgan fingerprint density at radius 2 is 1.79 bits per heavy atom. The van der Waals surface area contributed by atoms with Crippen molar-refractivity contribution in [2.45, 2.75) is 13.0 Å². The maximum absolute atomic E-state index is 12.6. The average molecular weight is 393 g/mol. The standard InChI is InChI=1S/C22H23N3O4/c1-27-20-11-16-8-10-25(13-17(16)12-21(20)28-2)22(26)14-29-18-5-3-15(4-6-18)19-7-9-23-24-19/h3-7,9,11-12H,8,10,13-14H2,1-2H3,(H,23,24). The van der Waals surface area contributed by atoms with Gasteiger partial charge in [-0.2, -0.15) is 5.10 Å². The minimum atomic E-state index is -0.0388. The van der Waals surface area contributed by atoms with E-state index in [4.69, 9.17) is 14.2 Å². The molecule has 150 valence electrons.